The van der Waals surface area contributed by atoms with Gasteiger partial charge in [0.2, 0.25) is 0 Å². The number of carboxylic acid groups (broad SMARTS) is 1. The van der Waals surface area contributed by atoms with E-state index < -0.39 is 35.9 Å². The Morgan fingerprint density at radius 3 is 2.67 bits per heavy atom. The van der Waals surface area contributed by atoms with Crippen molar-refractivity contribution in [2.24, 2.45) is 5.92 Å². The van der Waals surface area contributed by atoms with Gasteiger partial charge in [0.05, 0.1) is 12.8 Å². The molecule has 1 aliphatic carbocycles. The van der Waals surface area contributed by atoms with Crippen LogP contribution in [0, 0.1) is 5.92 Å². The molecular weight excluding hydrogens is 152 g/mol. The maximum absolute atomic E-state index is 10.8. The van der Waals surface area contributed by atoms with E-state index in [0.29, 0.717) is 6.42 Å². The minimum absolute atomic E-state index is 0.128. The molecule has 0 bridgehead atoms. The van der Waals surface area contributed by atoms with Crippen molar-refractivity contribution in [3.8, 4) is 0 Å². The molecule has 62 valence electrons. The second-order valence-corrected chi connectivity index (χ2v) is 2.83. The predicted molar refractivity (Wildman–Crippen MR) is 44.9 cm³/mol. The third-order valence-corrected chi connectivity index (χ3v) is 2.00. The molecule has 1 saturated carbocycles. The largest absolute Gasteiger partial charge is 0.481 e. The zero-order valence-corrected chi connectivity index (χ0v) is 6.22. The molecule has 0 aromatic heterocycles. The van der Waals surface area contributed by atoms with E-state index >= 15 is 0 Å². The lowest BCUT2D eigenvalue weighted by Crippen LogP contribution is -1.98. The summed E-state index contributed by atoms with van der Waals surface area (Å²) in [5.74, 6) is -2.07. The highest BCUT2D eigenvalue weighted by Gasteiger charge is 2.43. The molecule has 12 heavy (non-hydrogen) atoms. The second kappa shape index (κ2) is 2.63. The fourth-order valence-corrected chi connectivity index (χ4v) is 1.23. The van der Waals surface area contributed by atoms with E-state index in [0.717, 1.165) is 0 Å². The molecule has 0 spiro atoms. The molecule has 0 amide bonds. The van der Waals surface area contributed by atoms with Crippen molar-refractivity contribution < 1.29 is 16.8 Å². The molecule has 0 heterocycles. The molecule has 0 radical (unpaired) electrons. The Bertz CT molecular complexity index is 485. The lowest BCUT2D eigenvalue weighted by Gasteiger charge is -1.95. The first-order valence-corrected chi connectivity index (χ1v) is 3.65. The number of rotatable bonds is 2. The number of hydrogen-bond donors (Lipinski definition) is 1. The Morgan fingerprint density at radius 1 is 1.50 bits per heavy atom. The topological polar surface area (TPSA) is 37.3 Å². The maximum Gasteiger partial charge on any atom is 0.307 e. The summed E-state index contributed by atoms with van der Waals surface area (Å²) in [7, 11) is 0. The SMILES string of the molecule is [2H]c1c([2H])c([2H])c([C@@H]2C[C@H]2C(=O)O)c([2H])c1[2H]. The number of benzene rings is 1. The summed E-state index contributed by atoms with van der Waals surface area (Å²) in [6.45, 7) is 0. The molecule has 2 atom stereocenters. The Hall–Kier alpha value is -1.31. The van der Waals surface area contributed by atoms with E-state index in [2.05, 4.69) is 0 Å². The van der Waals surface area contributed by atoms with Gasteiger partial charge in [0.15, 0.2) is 0 Å². The predicted octanol–water partition coefficient (Wildman–Crippen LogP) is 1.87. The van der Waals surface area contributed by atoms with Gasteiger partial charge in [-0.15, -0.1) is 0 Å². The summed E-state index contributed by atoms with van der Waals surface area (Å²) in [5.41, 5.74) is 0.128. The average Bonchev–Trinajstić information content (AvgIpc) is 3.04. The highest BCUT2D eigenvalue weighted by atomic mass is 16.4. The second-order valence-electron chi connectivity index (χ2n) is 2.83. The minimum atomic E-state index is -0.984. The van der Waals surface area contributed by atoms with Crippen LogP contribution in [0.5, 0.6) is 0 Å². The summed E-state index contributed by atoms with van der Waals surface area (Å²) < 4.78 is 37.7. The zero-order chi connectivity index (χ0) is 12.9. The summed E-state index contributed by atoms with van der Waals surface area (Å²) in [5, 5.41) is 8.81. The van der Waals surface area contributed by atoms with Crippen LogP contribution in [0.1, 0.15) is 24.8 Å². The Kier molecular flexibility index (Phi) is 0.789. The lowest BCUT2D eigenvalue weighted by molar-refractivity contribution is -0.138. The van der Waals surface area contributed by atoms with Gasteiger partial charge in [-0.2, -0.15) is 0 Å². The van der Waals surface area contributed by atoms with Crippen LogP contribution in [0.25, 0.3) is 0 Å². The van der Waals surface area contributed by atoms with Crippen LogP contribution in [0.4, 0.5) is 0 Å². The summed E-state index contributed by atoms with van der Waals surface area (Å²) in [6, 6.07) is -1.83. The first-order valence-electron chi connectivity index (χ1n) is 6.15. The molecule has 0 unspecified atom stereocenters. The van der Waals surface area contributed by atoms with Gasteiger partial charge in [0.1, 0.15) is 0 Å². The number of hydrogen-bond acceptors (Lipinski definition) is 1. The molecular formula is C10H10O2. The highest BCUT2D eigenvalue weighted by Crippen LogP contribution is 2.47. The van der Waals surface area contributed by atoms with Gasteiger partial charge in [0, 0.05) is 0 Å². The lowest BCUT2D eigenvalue weighted by atomic mass is 10.1. The summed E-state index contributed by atoms with van der Waals surface area (Å²) in [6.07, 6.45) is 0.337. The Morgan fingerprint density at radius 2 is 2.17 bits per heavy atom. The quantitative estimate of drug-likeness (QED) is 0.730. The van der Waals surface area contributed by atoms with Crippen LogP contribution in [0.3, 0.4) is 0 Å². The summed E-state index contributed by atoms with van der Waals surface area (Å²) >= 11 is 0. The van der Waals surface area contributed by atoms with Crippen molar-refractivity contribution in [3.05, 3.63) is 35.8 Å². The third-order valence-electron chi connectivity index (χ3n) is 2.00. The number of carbonyl (C=O) groups is 1. The first-order chi connectivity index (χ1) is 7.86. The molecule has 1 aromatic carbocycles. The fraction of sp³-hybridized carbons (Fsp3) is 0.300. The maximum atomic E-state index is 10.8. The monoisotopic (exact) mass is 167 g/mol. The molecule has 2 nitrogen and oxygen atoms in total. The van der Waals surface area contributed by atoms with Gasteiger partial charge >= 0.3 is 5.97 Å². The Balaban J connectivity index is 2.53. The van der Waals surface area contributed by atoms with Crippen molar-refractivity contribution in [3.63, 3.8) is 0 Å². The number of aliphatic carboxylic acids is 1. The molecule has 1 fully saturated rings. The molecule has 1 aliphatic rings. The van der Waals surface area contributed by atoms with E-state index in [1.54, 1.807) is 0 Å². The van der Waals surface area contributed by atoms with Crippen LogP contribution in [0.15, 0.2) is 30.2 Å². The van der Waals surface area contributed by atoms with E-state index in [9.17, 15) is 4.79 Å². The van der Waals surface area contributed by atoms with Gasteiger partial charge in [-0.05, 0) is 17.9 Å². The molecule has 2 heteroatoms. The van der Waals surface area contributed by atoms with Crippen LogP contribution in [-0.2, 0) is 4.79 Å². The van der Waals surface area contributed by atoms with E-state index in [4.69, 9.17) is 12.0 Å². The van der Waals surface area contributed by atoms with Gasteiger partial charge in [0.25, 0.3) is 0 Å². The smallest absolute Gasteiger partial charge is 0.307 e. The van der Waals surface area contributed by atoms with Crippen molar-refractivity contribution in [1.82, 2.24) is 0 Å². The molecule has 1 N–H and O–H groups in total. The van der Waals surface area contributed by atoms with Gasteiger partial charge in [-0.1, -0.05) is 30.2 Å². The molecule has 0 aliphatic heterocycles. The van der Waals surface area contributed by atoms with E-state index in [1.807, 2.05) is 0 Å². The fourth-order valence-electron chi connectivity index (χ4n) is 1.23. The van der Waals surface area contributed by atoms with Crippen LogP contribution >= 0.6 is 0 Å². The molecule has 2 rings (SSSR count). The van der Waals surface area contributed by atoms with Crippen molar-refractivity contribution in [2.45, 2.75) is 12.3 Å². The van der Waals surface area contributed by atoms with Gasteiger partial charge in [-0.3, -0.25) is 4.79 Å². The molecule has 1 aromatic rings. The minimum Gasteiger partial charge on any atom is -0.481 e. The van der Waals surface area contributed by atoms with E-state index in [-0.39, 0.29) is 17.6 Å². The average molecular weight is 167 g/mol. The zero-order valence-electron chi connectivity index (χ0n) is 11.2. The van der Waals surface area contributed by atoms with Crippen molar-refractivity contribution in [2.75, 3.05) is 0 Å². The summed E-state index contributed by atoms with van der Waals surface area (Å²) in [4.78, 5) is 10.8. The number of carboxylic acids is 1. The highest BCUT2D eigenvalue weighted by molar-refractivity contribution is 5.75. The van der Waals surface area contributed by atoms with Crippen LogP contribution in [0.2, 0.25) is 0 Å². The van der Waals surface area contributed by atoms with Crippen LogP contribution < -0.4 is 0 Å². The van der Waals surface area contributed by atoms with Gasteiger partial charge < -0.3 is 5.11 Å². The van der Waals surface area contributed by atoms with Gasteiger partial charge in [-0.25, -0.2) is 0 Å². The van der Waals surface area contributed by atoms with E-state index in [1.165, 1.54) is 0 Å². The first kappa shape index (κ1) is 3.60. The van der Waals surface area contributed by atoms with Crippen molar-refractivity contribution >= 4 is 5.97 Å². The van der Waals surface area contributed by atoms with Crippen molar-refractivity contribution in [1.29, 1.82) is 0 Å². The van der Waals surface area contributed by atoms with Crippen LogP contribution in [-0.4, -0.2) is 11.1 Å². The standard InChI is InChI=1S/C10H10O2/c11-10(12)9-6-8(9)7-4-2-1-3-5-7/h1-5,8-9H,6H2,(H,11,12)/t8-,9+/m0/s1/i1D,2D,3D,4D,5D. The normalized spacial score (nSPS) is 32.5. The Labute approximate surface area is 77.9 Å². The molecule has 0 saturated heterocycles. The third kappa shape index (κ3) is 1.20.